The van der Waals surface area contributed by atoms with Crippen LogP contribution in [0, 0.1) is 6.92 Å². The second kappa shape index (κ2) is 6.75. The lowest BCUT2D eigenvalue weighted by molar-refractivity contribution is 0.0381. The summed E-state index contributed by atoms with van der Waals surface area (Å²) in [6.45, 7) is 6.24. The third-order valence-corrected chi connectivity index (χ3v) is 5.86. The summed E-state index contributed by atoms with van der Waals surface area (Å²) in [5.41, 5.74) is 5.54. The first-order valence-corrected chi connectivity index (χ1v) is 9.47. The van der Waals surface area contributed by atoms with Gasteiger partial charge in [-0.3, -0.25) is 4.98 Å². The molecule has 0 radical (unpaired) electrons. The number of aryl methyl sites for hydroxylation is 1. The van der Waals surface area contributed by atoms with Gasteiger partial charge in [-0.1, -0.05) is 12.1 Å². The van der Waals surface area contributed by atoms with Crippen molar-refractivity contribution in [3.63, 3.8) is 0 Å². The van der Waals surface area contributed by atoms with Crippen LogP contribution in [0.1, 0.15) is 34.9 Å². The molecule has 0 spiro atoms. The molecule has 0 aliphatic carbocycles. The number of fused-ring (bicyclic) bond motifs is 3. The van der Waals surface area contributed by atoms with Crippen LogP contribution >= 0.6 is 0 Å². The number of nitrogens with zero attached hydrogens (tertiary/aromatic N) is 3. The maximum absolute atomic E-state index is 11.2. The summed E-state index contributed by atoms with van der Waals surface area (Å²) in [7, 11) is 2.13. The zero-order chi connectivity index (χ0) is 19.2. The third-order valence-electron chi connectivity index (χ3n) is 5.86. The molecule has 5 heteroatoms. The highest BCUT2D eigenvalue weighted by molar-refractivity contribution is 5.90. The van der Waals surface area contributed by atoms with E-state index >= 15 is 0 Å². The lowest BCUT2D eigenvalue weighted by Gasteiger charge is -2.28. The van der Waals surface area contributed by atoms with E-state index in [-0.39, 0.29) is 6.61 Å². The maximum Gasteiger partial charge on any atom is 0.106 e. The fourth-order valence-electron chi connectivity index (χ4n) is 4.32. The molecule has 1 aliphatic heterocycles. The molecule has 0 amide bonds. The molecule has 1 aliphatic rings. The molecule has 0 fully saturated rings. The smallest absolute Gasteiger partial charge is 0.106 e. The molecule has 142 valence electrons. The second-order valence-corrected chi connectivity index (χ2v) is 7.93. The summed E-state index contributed by atoms with van der Waals surface area (Å²) < 4.78 is 2.25. The van der Waals surface area contributed by atoms with Gasteiger partial charge in [-0.05, 0) is 49.7 Å². The number of hydrogen-bond acceptors (Lipinski definition) is 4. The highest BCUT2D eigenvalue weighted by Crippen LogP contribution is 2.36. The standard InChI is InChI=1S/C22H27N3O2/c1-15-6-7-20-21(18(15)13-26)17-12-24(3)10-8-19(17)25(20)14-22(2,27)16-5-4-9-23-11-16/h4-7,9,11,26-27H,8,10,12-14H2,1-3H3. The number of aliphatic hydroxyl groups is 2. The van der Waals surface area contributed by atoms with Gasteiger partial charge in [0.1, 0.15) is 5.60 Å². The first kappa shape index (κ1) is 18.2. The van der Waals surface area contributed by atoms with E-state index in [1.807, 2.05) is 26.0 Å². The van der Waals surface area contributed by atoms with Crippen LogP contribution in [0.25, 0.3) is 10.9 Å². The van der Waals surface area contributed by atoms with Gasteiger partial charge in [0, 0.05) is 54.1 Å². The number of hydrogen-bond donors (Lipinski definition) is 2. The van der Waals surface area contributed by atoms with Crippen LogP contribution < -0.4 is 0 Å². The van der Waals surface area contributed by atoms with Crippen LogP contribution in [0.4, 0.5) is 0 Å². The van der Waals surface area contributed by atoms with Crippen LogP contribution in [0.2, 0.25) is 0 Å². The topological polar surface area (TPSA) is 61.5 Å². The van der Waals surface area contributed by atoms with Gasteiger partial charge in [-0.2, -0.15) is 0 Å². The average Bonchev–Trinajstić information content (AvgIpc) is 2.95. The zero-order valence-corrected chi connectivity index (χ0v) is 16.2. The van der Waals surface area contributed by atoms with Gasteiger partial charge < -0.3 is 19.7 Å². The van der Waals surface area contributed by atoms with Gasteiger partial charge in [0.2, 0.25) is 0 Å². The number of aromatic nitrogens is 2. The Kier molecular flexibility index (Phi) is 4.54. The van der Waals surface area contributed by atoms with Crippen molar-refractivity contribution in [2.24, 2.45) is 0 Å². The number of likely N-dealkylation sites (N-methyl/N-ethyl adjacent to an activating group) is 1. The van der Waals surface area contributed by atoms with E-state index in [1.54, 1.807) is 12.4 Å². The van der Waals surface area contributed by atoms with Crippen molar-refractivity contribution in [2.45, 2.75) is 45.6 Å². The predicted molar refractivity (Wildman–Crippen MR) is 106 cm³/mol. The monoisotopic (exact) mass is 365 g/mol. The Hall–Kier alpha value is -2.21. The van der Waals surface area contributed by atoms with Crippen molar-refractivity contribution in [3.8, 4) is 0 Å². The van der Waals surface area contributed by atoms with E-state index in [1.165, 1.54) is 11.3 Å². The molecule has 5 nitrogen and oxygen atoms in total. The molecule has 2 aromatic heterocycles. The van der Waals surface area contributed by atoms with Crippen LogP contribution in [0.5, 0.6) is 0 Å². The summed E-state index contributed by atoms with van der Waals surface area (Å²) in [6, 6.07) is 7.97. The summed E-state index contributed by atoms with van der Waals surface area (Å²) in [6.07, 6.45) is 4.39. The largest absolute Gasteiger partial charge is 0.392 e. The molecule has 2 N–H and O–H groups in total. The molecular formula is C22H27N3O2. The van der Waals surface area contributed by atoms with Crippen molar-refractivity contribution in [3.05, 3.63) is 64.6 Å². The minimum atomic E-state index is -1.03. The molecule has 1 unspecified atom stereocenters. The number of aliphatic hydroxyl groups excluding tert-OH is 1. The molecule has 4 rings (SSSR count). The van der Waals surface area contributed by atoms with Crippen LogP contribution in [-0.4, -0.2) is 38.3 Å². The Morgan fingerprint density at radius 1 is 1.26 bits per heavy atom. The molecular weight excluding hydrogens is 338 g/mol. The van der Waals surface area contributed by atoms with Gasteiger partial charge in [0.15, 0.2) is 0 Å². The first-order valence-electron chi connectivity index (χ1n) is 9.47. The van der Waals surface area contributed by atoms with E-state index in [0.29, 0.717) is 6.54 Å². The van der Waals surface area contributed by atoms with E-state index in [9.17, 15) is 10.2 Å². The molecule has 27 heavy (non-hydrogen) atoms. The summed E-state index contributed by atoms with van der Waals surface area (Å²) in [4.78, 5) is 6.48. The Morgan fingerprint density at radius 2 is 2.07 bits per heavy atom. The fraction of sp³-hybridized carbons (Fsp3) is 0.409. The van der Waals surface area contributed by atoms with Crippen molar-refractivity contribution in [1.29, 1.82) is 0 Å². The summed E-state index contributed by atoms with van der Waals surface area (Å²) in [5, 5.41) is 22.4. The Labute approximate surface area is 159 Å². The Bertz CT molecular complexity index is 976. The molecule has 0 bridgehead atoms. The van der Waals surface area contributed by atoms with E-state index in [0.717, 1.165) is 47.1 Å². The minimum absolute atomic E-state index is 0.0301. The van der Waals surface area contributed by atoms with E-state index < -0.39 is 5.60 Å². The second-order valence-electron chi connectivity index (χ2n) is 7.93. The van der Waals surface area contributed by atoms with Gasteiger partial charge in [-0.15, -0.1) is 0 Å². The number of rotatable bonds is 4. The highest BCUT2D eigenvalue weighted by atomic mass is 16.3. The molecule has 3 aromatic rings. The molecule has 1 atom stereocenters. The summed E-state index contributed by atoms with van der Waals surface area (Å²) in [5.74, 6) is 0. The van der Waals surface area contributed by atoms with Gasteiger partial charge in [-0.25, -0.2) is 0 Å². The van der Waals surface area contributed by atoms with Crippen molar-refractivity contribution in [1.82, 2.24) is 14.5 Å². The number of benzene rings is 1. The van der Waals surface area contributed by atoms with Crippen molar-refractivity contribution in [2.75, 3.05) is 13.6 Å². The highest BCUT2D eigenvalue weighted by Gasteiger charge is 2.30. The SMILES string of the molecule is Cc1ccc2c(c1CO)c1c(n2CC(C)(O)c2cccnc2)CCN(C)C1. The molecule has 3 heterocycles. The van der Waals surface area contributed by atoms with Crippen molar-refractivity contribution < 1.29 is 10.2 Å². The lowest BCUT2D eigenvalue weighted by atomic mass is 9.97. The normalized spacial score (nSPS) is 17.1. The lowest BCUT2D eigenvalue weighted by Crippen LogP contribution is -2.31. The third kappa shape index (κ3) is 3.06. The van der Waals surface area contributed by atoms with Gasteiger partial charge in [0.05, 0.1) is 13.2 Å². The van der Waals surface area contributed by atoms with E-state index in [2.05, 4.69) is 33.6 Å². The van der Waals surface area contributed by atoms with Crippen LogP contribution in [-0.2, 0) is 31.7 Å². The number of pyridine rings is 1. The predicted octanol–water partition coefficient (Wildman–Crippen LogP) is 2.73. The Balaban J connectivity index is 1.91. The first-order chi connectivity index (χ1) is 12.9. The zero-order valence-electron chi connectivity index (χ0n) is 16.2. The summed E-state index contributed by atoms with van der Waals surface area (Å²) >= 11 is 0. The van der Waals surface area contributed by atoms with Crippen LogP contribution in [0.15, 0.2) is 36.7 Å². The quantitative estimate of drug-likeness (QED) is 0.746. The Morgan fingerprint density at radius 3 is 2.78 bits per heavy atom. The van der Waals surface area contributed by atoms with Crippen molar-refractivity contribution >= 4 is 10.9 Å². The molecule has 1 aromatic carbocycles. The van der Waals surface area contributed by atoms with Gasteiger partial charge in [0.25, 0.3) is 0 Å². The fourth-order valence-corrected chi connectivity index (χ4v) is 4.32. The average molecular weight is 365 g/mol. The molecule has 0 saturated carbocycles. The van der Waals surface area contributed by atoms with E-state index in [4.69, 9.17) is 0 Å². The van der Waals surface area contributed by atoms with Gasteiger partial charge >= 0.3 is 0 Å². The maximum atomic E-state index is 11.2. The minimum Gasteiger partial charge on any atom is -0.392 e. The van der Waals surface area contributed by atoms with Crippen LogP contribution in [0.3, 0.4) is 0 Å². The molecule has 0 saturated heterocycles.